The van der Waals surface area contributed by atoms with Crippen LogP contribution in [0.25, 0.3) is 0 Å². The van der Waals surface area contributed by atoms with E-state index in [0.717, 1.165) is 55.5 Å². The zero-order chi connectivity index (χ0) is 36.8. The van der Waals surface area contributed by atoms with Crippen molar-refractivity contribution in [3.05, 3.63) is 52.0 Å². The monoisotopic (exact) mass is 714 g/mol. The molecule has 1 heterocycles. The molecule has 50 heavy (non-hydrogen) atoms. The highest BCUT2D eigenvalue weighted by atomic mass is 32.1. The molecule has 1 saturated carbocycles. The Balaban J connectivity index is 1.70. The molecule has 0 radical (unpaired) electrons. The molecule has 276 valence electrons. The second-order valence-corrected chi connectivity index (χ2v) is 14.2. The lowest BCUT2D eigenvalue weighted by molar-refractivity contribution is -0.149. The molecule has 2 aromatic rings. The van der Waals surface area contributed by atoms with Crippen LogP contribution in [0.4, 0.5) is 0 Å². The molecule has 4 N–H and O–H groups in total. The first-order valence-electron chi connectivity index (χ1n) is 17.4. The number of nitrogens with one attached hydrogen (secondary N) is 4. The fourth-order valence-electron chi connectivity index (χ4n) is 5.81. The second kappa shape index (κ2) is 20.1. The van der Waals surface area contributed by atoms with E-state index in [1.807, 2.05) is 58.2 Å². The number of amides is 3. The highest BCUT2D eigenvalue weighted by Gasteiger charge is 2.41. The summed E-state index contributed by atoms with van der Waals surface area (Å²) in [4.78, 5) is 70.9. The van der Waals surface area contributed by atoms with E-state index in [-0.39, 0.29) is 54.1 Å². The Labute approximate surface area is 299 Å². The predicted octanol–water partition coefficient (Wildman–Crippen LogP) is 3.56. The van der Waals surface area contributed by atoms with Crippen molar-refractivity contribution < 1.29 is 33.4 Å². The van der Waals surface area contributed by atoms with Crippen molar-refractivity contribution in [1.29, 1.82) is 0 Å². The second-order valence-electron chi connectivity index (χ2n) is 13.4. The summed E-state index contributed by atoms with van der Waals surface area (Å²) < 4.78 is 10.6. The molecule has 0 spiro atoms. The van der Waals surface area contributed by atoms with Crippen LogP contribution in [0, 0.1) is 17.8 Å². The van der Waals surface area contributed by atoms with Crippen molar-refractivity contribution in [2.75, 3.05) is 27.7 Å². The number of aromatic nitrogens is 1. The van der Waals surface area contributed by atoms with Crippen LogP contribution in [0.3, 0.4) is 0 Å². The van der Waals surface area contributed by atoms with Crippen molar-refractivity contribution in [3.63, 3.8) is 0 Å². The van der Waals surface area contributed by atoms with Crippen LogP contribution in [-0.4, -0.2) is 85.4 Å². The number of carbonyl (C=O) groups excluding carboxylic acids is 5. The topological polar surface area (TPSA) is 168 Å². The first kappa shape index (κ1) is 40.5. The van der Waals surface area contributed by atoms with Gasteiger partial charge in [0.25, 0.3) is 5.91 Å². The first-order valence-corrected chi connectivity index (χ1v) is 18.3. The van der Waals surface area contributed by atoms with Gasteiger partial charge in [-0.2, -0.15) is 0 Å². The van der Waals surface area contributed by atoms with Crippen LogP contribution < -0.4 is 21.5 Å². The summed E-state index contributed by atoms with van der Waals surface area (Å²) >= 11 is 1.16. The Morgan fingerprint density at radius 1 is 1.06 bits per heavy atom. The molecule has 0 bridgehead atoms. The van der Waals surface area contributed by atoms with Crippen molar-refractivity contribution in [1.82, 2.24) is 31.4 Å². The summed E-state index contributed by atoms with van der Waals surface area (Å²) in [6.07, 6.45) is 4.08. The number of unbranched alkanes of at least 4 members (excludes halogenated alkanes) is 1. The molecule has 0 saturated heterocycles. The maximum absolute atomic E-state index is 14.0. The molecule has 1 aromatic carbocycles. The maximum atomic E-state index is 14.0. The predicted molar refractivity (Wildman–Crippen MR) is 191 cm³/mol. The molecule has 1 aliphatic carbocycles. The van der Waals surface area contributed by atoms with E-state index < -0.39 is 36.0 Å². The van der Waals surface area contributed by atoms with Gasteiger partial charge in [0.2, 0.25) is 11.8 Å². The average molecular weight is 715 g/mol. The zero-order valence-electron chi connectivity index (χ0n) is 30.3. The number of ether oxygens (including phenoxy) is 2. The number of methoxy groups -OCH3 is 1. The van der Waals surface area contributed by atoms with Gasteiger partial charge in [-0.15, -0.1) is 11.3 Å². The van der Waals surface area contributed by atoms with Gasteiger partial charge in [0.05, 0.1) is 7.11 Å². The van der Waals surface area contributed by atoms with Gasteiger partial charge in [0.15, 0.2) is 6.10 Å². The normalized spacial score (nSPS) is 15.7. The number of benzene rings is 1. The lowest BCUT2D eigenvalue weighted by Gasteiger charge is -2.36. The number of thiazole rings is 1. The fourth-order valence-corrected chi connectivity index (χ4v) is 6.65. The van der Waals surface area contributed by atoms with Gasteiger partial charge >= 0.3 is 11.9 Å². The van der Waals surface area contributed by atoms with Crippen LogP contribution in [0.2, 0.25) is 0 Å². The zero-order valence-corrected chi connectivity index (χ0v) is 31.1. The number of rotatable bonds is 21. The summed E-state index contributed by atoms with van der Waals surface area (Å²) in [6.45, 7) is 8.06. The lowest BCUT2D eigenvalue weighted by atomic mass is 9.95. The Kier molecular flexibility index (Phi) is 16.3. The summed E-state index contributed by atoms with van der Waals surface area (Å²) in [5, 5.41) is 8.11. The standard InChI is InChI=1S/C36H54N6O7S/c1-22(2)29(42(6)35(46)31(26-16-17-26)39-32(44)23(3)13-11-12-18-37-5)20-30(49-24(4)43)34-38-28(21-50-34)33(45)41-40-27(36(47)48-7)19-25-14-9-8-10-15-25/h8-10,14-15,21-23,26-27,29-31,37,40H,11-13,16-20H2,1-7H3,(H,39,44)(H,41,45)/t23-,27+,29-,30-,31+/m1/s1. The van der Waals surface area contributed by atoms with E-state index in [4.69, 9.17) is 9.47 Å². The van der Waals surface area contributed by atoms with Gasteiger partial charge in [-0.3, -0.25) is 29.4 Å². The number of hydrogen-bond donors (Lipinski definition) is 4. The number of esters is 2. The molecule has 5 atom stereocenters. The molecule has 0 aliphatic heterocycles. The fraction of sp³-hybridized carbons (Fsp3) is 0.611. The van der Waals surface area contributed by atoms with Crippen molar-refractivity contribution >= 4 is 41.0 Å². The molecule has 1 aliphatic rings. The molecule has 3 rings (SSSR count). The number of carbonyl (C=O) groups is 5. The molecule has 1 fully saturated rings. The molecule has 1 aromatic heterocycles. The summed E-state index contributed by atoms with van der Waals surface area (Å²) in [7, 11) is 4.90. The number of hydrogen-bond acceptors (Lipinski definition) is 11. The smallest absolute Gasteiger partial charge is 0.325 e. The minimum Gasteiger partial charge on any atom is -0.468 e. The molecular formula is C36H54N6O7S. The SMILES string of the molecule is CNCCCC[C@@H](C)C(=O)N[C@H](C(=O)N(C)[C@H](C[C@@H](OC(C)=O)c1nc(C(=O)NN[C@@H](Cc2ccccc2)C(=O)OC)cs1)C(C)C)C1CC1. The Hall–Kier alpha value is -3.88. The molecule has 3 amide bonds. The van der Waals surface area contributed by atoms with E-state index in [0.29, 0.717) is 5.01 Å². The van der Waals surface area contributed by atoms with Gasteiger partial charge < -0.3 is 25.0 Å². The number of likely N-dealkylation sites (N-methyl/N-ethyl adjacent to an activating group) is 1. The van der Waals surface area contributed by atoms with E-state index >= 15 is 0 Å². The van der Waals surface area contributed by atoms with Gasteiger partial charge in [0, 0.05) is 44.2 Å². The minimum absolute atomic E-state index is 0.0320. The summed E-state index contributed by atoms with van der Waals surface area (Å²) in [6, 6.07) is 7.49. The van der Waals surface area contributed by atoms with Crippen molar-refractivity contribution in [2.45, 2.75) is 96.9 Å². The summed E-state index contributed by atoms with van der Waals surface area (Å²) in [5.41, 5.74) is 6.24. The number of nitrogens with zero attached hydrogens (tertiary/aromatic N) is 2. The van der Waals surface area contributed by atoms with Crippen LogP contribution in [0.15, 0.2) is 35.7 Å². The van der Waals surface area contributed by atoms with Crippen molar-refractivity contribution in [3.8, 4) is 0 Å². The Bertz CT molecular complexity index is 1420. The third-order valence-corrected chi connectivity index (χ3v) is 9.89. The highest BCUT2D eigenvalue weighted by Crippen LogP contribution is 2.35. The van der Waals surface area contributed by atoms with E-state index in [1.54, 1.807) is 17.3 Å². The first-order chi connectivity index (χ1) is 23.9. The molecule has 13 nitrogen and oxygen atoms in total. The van der Waals surface area contributed by atoms with E-state index in [2.05, 4.69) is 26.5 Å². The molecule has 14 heteroatoms. The molecule has 0 unspecified atom stereocenters. The van der Waals surface area contributed by atoms with Gasteiger partial charge in [-0.1, -0.05) is 57.5 Å². The van der Waals surface area contributed by atoms with Crippen LogP contribution in [-0.2, 0) is 35.1 Å². The van der Waals surface area contributed by atoms with E-state index in [1.165, 1.54) is 14.0 Å². The highest BCUT2D eigenvalue weighted by molar-refractivity contribution is 7.09. The maximum Gasteiger partial charge on any atom is 0.325 e. The van der Waals surface area contributed by atoms with Crippen LogP contribution in [0.5, 0.6) is 0 Å². The average Bonchev–Trinajstić information content (AvgIpc) is 3.82. The Morgan fingerprint density at radius 3 is 2.36 bits per heavy atom. The largest absolute Gasteiger partial charge is 0.468 e. The quantitative estimate of drug-likeness (QED) is 0.0853. The van der Waals surface area contributed by atoms with Gasteiger partial charge in [0.1, 0.15) is 22.8 Å². The van der Waals surface area contributed by atoms with Crippen molar-refractivity contribution in [2.24, 2.45) is 17.8 Å². The summed E-state index contributed by atoms with van der Waals surface area (Å²) in [5.74, 6) is -2.09. The molecular weight excluding hydrogens is 660 g/mol. The van der Waals surface area contributed by atoms with Gasteiger partial charge in [-0.05, 0) is 56.7 Å². The Morgan fingerprint density at radius 2 is 1.76 bits per heavy atom. The minimum atomic E-state index is -0.839. The van der Waals surface area contributed by atoms with Crippen LogP contribution in [0.1, 0.15) is 93.4 Å². The van der Waals surface area contributed by atoms with E-state index in [9.17, 15) is 24.0 Å². The lowest BCUT2D eigenvalue weighted by Crippen LogP contribution is -2.53. The number of hydrazine groups is 1. The van der Waals surface area contributed by atoms with Crippen LogP contribution >= 0.6 is 11.3 Å². The van der Waals surface area contributed by atoms with Gasteiger partial charge in [-0.25, -0.2) is 10.4 Å². The third-order valence-electron chi connectivity index (χ3n) is 8.96. The third kappa shape index (κ3) is 12.5.